The van der Waals surface area contributed by atoms with Crippen molar-refractivity contribution >= 4 is 27.3 Å². The van der Waals surface area contributed by atoms with Crippen molar-refractivity contribution in [3.8, 4) is 11.5 Å². The molecule has 5 nitrogen and oxygen atoms in total. The van der Waals surface area contributed by atoms with E-state index in [-0.39, 0.29) is 15.8 Å². The summed E-state index contributed by atoms with van der Waals surface area (Å²) in [6.07, 6.45) is 1.97. The Balaban J connectivity index is 1.84. The van der Waals surface area contributed by atoms with Crippen LogP contribution in [0.25, 0.3) is 11.5 Å². The first kappa shape index (κ1) is 19.0. The summed E-state index contributed by atoms with van der Waals surface area (Å²) in [4.78, 5) is 6.59. The van der Waals surface area contributed by atoms with Crippen molar-refractivity contribution in [1.82, 2.24) is 4.98 Å². The van der Waals surface area contributed by atoms with Crippen molar-refractivity contribution < 1.29 is 12.8 Å². The van der Waals surface area contributed by atoms with E-state index in [9.17, 15) is 8.42 Å². The second-order valence-corrected chi connectivity index (χ2v) is 9.43. The van der Waals surface area contributed by atoms with Gasteiger partial charge in [-0.1, -0.05) is 42.8 Å². The summed E-state index contributed by atoms with van der Waals surface area (Å²) >= 11 is 6.09. The number of sulfone groups is 1. The molecular weight excluding hydrogens is 396 g/mol. The fourth-order valence-corrected chi connectivity index (χ4v) is 4.87. The topological polar surface area (TPSA) is 63.4 Å². The van der Waals surface area contributed by atoms with Gasteiger partial charge in [-0.2, -0.15) is 4.98 Å². The normalized spacial score (nSPS) is 15.7. The predicted octanol–water partition coefficient (Wildman–Crippen LogP) is 5.06. The zero-order chi connectivity index (χ0) is 19.7. The zero-order valence-electron chi connectivity index (χ0n) is 15.5. The summed E-state index contributed by atoms with van der Waals surface area (Å²) in [6.45, 7) is 3.68. The van der Waals surface area contributed by atoms with Crippen LogP contribution in [0.1, 0.15) is 19.8 Å². The van der Waals surface area contributed by atoms with E-state index >= 15 is 0 Å². The number of hydrogen-bond acceptors (Lipinski definition) is 5. The molecule has 2 aromatic carbocycles. The van der Waals surface area contributed by atoms with Gasteiger partial charge in [0.2, 0.25) is 26.6 Å². The van der Waals surface area contributed by atoms with Gasteiger partial charge < -0.3 is 9.32 Å². The van der Waals surface area contributed by atoms with Crippen LogP contribution in [0.3, 0.4) is 0 Å². The number of anilines is 1. The van der Waals surface area contributed by atoms with E-state index in [1.807, 2.05) is 4.90 Å². The molecule has 0 spiro atoms. The summed E-state index contributed by atoms with van der Waals surface area (Å²) in [5.74, 6) is 1.18. The molecule has 146 valence electrons. The SMILES string of the molecule is CC1CCN(c2oc(-c3cccc(Cl)c3)nc2S(=O)(=O)c2ccccc2)CC1. The van der Waals surface area contributed by atoms with E-state index < -0.39 is 9.84 Å². The van der Waals surface area contributed by atoms with Crippen LogP contribution >= 0.6 is 11.6 Å². The van der Waals surface area contributed by atoms with Crippen LogP contribution < -0.4 is 4.90 Å². The molecule has 1 fully saturated rings. The van der Waals surface area contributed by atoms with Crippen molar-refractivity contribution in [3.63, 3.8) is 0 Å². The summed E-state index contributed by atoms with van der Waals surface area (Å²) in [7, 11) is -3.81. The molecule has 1 aromatic heterocycles. The van der Waals surface area contributed by atoms with Crippen LogP contribution in [0.15, 0.2) is 68.9 Å². The van der Waals surface area contributed by atoms with Gasteiger partial charge in [0.05, 0.1) is 4.90 Å². The smallest absolute Gasteiger partial charge is 0.236 e. The molecule has 7 heteroatoms. The first-order valence-electron chi connectivity index (χ1n) is 9.27. The van der Waals surface area contributed by atoms with Crippen LogP contribution in [-0.4, -0.2) is 26.5 Å². The first-order valence-corrected chi connectivity index (χ1v) is 11.1. The van der Waals surface area contributed by atoms with Gasteiger partial charge in [0.1, 0.15) is 0 Å². The van der Waals surface area contributed by atoms with E-state index in [4.69, 9.17) is 16.0 Å². The molecule has 0 N–H and O–H groups in total. The second-order valence-electron chi connectivity index (χ2n) is 7.13. The summed E-state index contributed by atoms with van der Waals surface area (Å²) in [6, 6.07) is 15.4. The molecule has 4 rings (SSSR count). The molecule has 3 aromatic rings. The minimum Gasteiger partial charge on any atom is -0.419 e. The summed E-state index contributed by atoms with van der Waals surface area (Å²) in [5, 5.41) is 0.500. The maximum atomic E-state index is 13.3. The summed E-state index contributed by atoms with van der Waals surface area (Å²) < 4.78 is 32.6. The monoisotopic (exact) mass is 416 g/mol. The average molecular weight is 417 g/mol. The molecular formula is C21H21ClN2O3S. The lowest BCUT2D eigenvalue weighted by molar-refractivity contribution is 0.415. The molecule has 0 amide bonds. The largest absolute Gasteiger partial charge is 0.419 e. The van der Waals surface area contributed by atoms with Crippen molar-refractivity contribution in [1.29, 1.82) is 0 Å². The van der Waals surface area contributed by atoms with Crippen molar-refractivity contribution in [3.05, 3.63) is 59.6 Å². The highest BCUT2D eigenvalue weighted by Gasteiger charge is 2.32. The zero-order valence-corrected chi connectivity index (χ0v) is 17.1. The third-order valence-electron chi connectivity index (χ3n) is 5.03. The Morgan fingerprint density at radius 2 is 1.79 bits per heavy atom. The first-order chi connectivity index (χ1) is 13.4. The van der Waals surface area contributed by atoms with Crippen molar-refractivity contribution in [2.45, 2.75) is 29.7 Å². The van der Waals surface area contributed by atoms with E-state index in [0.29, 0.717) is 22.4 Å². The highest BCUT2D eigenvalue weighted by atomic mass is 35.5. The van der Waals surface area contributed by atoms with Crippen LogP contribution in [0.5, 0.6) is 0 Å². The number of piperidine rings is 1. The minimum atomic E-state index is -3.81. The molecule has 0 unspecified atom stereocenters. The Labute approximate surface area is 169 Å². The van der Waals surface area contributed by atoms with Crippen LogP contribution in [-0.2, 0) is 9.84 Å². The fourth-order valence-electron chi connectivity index (χ4n) is 3.34. The van der Waals surface area contributed by atoms with Crippen LogP contribution in [0.4, 0.5) is 5.88 Å². The number of nitrogens with zero attached hydrogens (tertiary/aromatic N) is 2. The average Bonchev–Trinajstić information content (AvgIpc) is 3.16. The molecule has 28 heavy (non-hydrogen) atoms. The maximum absolute atomic E-state index is 13.3. The minimum absolute atomic E-state index is 0.0387. The number of aromatic nitrogens is 1. The van der Waals surface area contributed by atoms with Crippen molar-refractivity contribution in [2.24, 2.45) is 5.92 Å². The number of hydrogen-bond donors (Lipinski definition) is 0. The lowest BCUT2D eigenvalue weighted by Crippen LogP contribution is -2.33. The maximum Gasteiger partial charge on any atom is 0.236 e. The van der Waals surface area contributed by atoms with Gasteiger partial charge in [0, 0.05) is 23.7 Å². The lowest BCUT2D eigenvalue weighted by Gasteiger charge is -2.30. The molecule has 1 aliphatic rings. The number of rotatable bonds is 4. The van der Waals surface area contributed by atoms with E-state index in [0.717, 1.165) is 25.9 Å². The van der Waals surface area contributed by atoms with E-state index in [2.05, 4.69) is 11.9 Å². The second kappa shape index (κ2) is 7.60. The molecule has 2 heterocycles. The Morgan fingerprint density at radius 3 is 2.46 bits per heavy atom. The van der Waals surface area contributed by atoms with Gasteiger partial charge in [-0.05, 0) is 49.1 Å². The third-order valence-corrected chi connectivity index (χ3v) is 6.93. The Bertz CT molecular complexity index is 1070. The fraction of sp³-hybridized carbons (Fsp3) is 0.286. The Hall–Kier alpha value is -2.31. The van der Waals surface area contributed by atoms with Gasteiger partial charge >= 0.3 is 0 Å². The van der Waals surface area contributed by atoms with E-state index in [1.165, 1.54) is 0 Å². The van der Waals surface area contributed by atoms with Crippen molar-refractivity contribution in [2.75, 3.05) is 18.0 Å². The molecule has 0 aliphatic carbocycles. The quantitative estimate of drug-likeness (QED) is 0.594. The molecule has 1 aliphatic heterocycles. The van der Waals surface area contributed by atoms with Gasteiger partial charge in [0.25, 0.3) is 0 Å². The molecule has 0 atom stereocenters. The third kappa shape index (κ3) is 3.66. The highest BCUT2D eigenvalue weighted by molar-refractivity contribution is 7.91. The highest BCUT2D eigenvalue weighted by Crippen LogP contribution is 2.36. The number of benzene rings is 2. The van der Waals surface area contributed by atoms with Gasteiger partial charge in [0.15, 0.2) is 0 Å². The lowest BCUT2D eigenvalue weighted by atomic mass is 9.99. The molecule has 0 saturated carbocycles. The molecule has 1 saturated heterocycles. The number of oxazole rings is 1. The molecule has 0 bridgehead atoms. The number of halogens is 1. The van der Waals surface area contributed by atoms with Crippen LogP contribution in [0.2, 0.25) is 5.02 Å². The predicted molar refractivity (Wildman–Crippen MR) is 109 cm³/mol. The van der Waals surface area contributed by atoms with Gasteiger partial charge in [-0.3, -0.25) is 0 Å². The van der Waals surface area contributed by atoms with Crippen LogP contribution in [0, 0.1) is 5.92 Å². The molecule has 0 radical (unpaired) electrons. The van der Waals surface area contributed by atoms with Gasteiger partial charge in [-0.25, -0.2) is 8.42 Å². The standard InChI is InChI=1S/C21H21ClN2O3S/c1-15-10-12-24(13-11-15)21-20(28(25,26)18-8-3-2-4-9-18)23-19(27-21)16-6-5-7-17(22)14-16/h2-9,14-15H,10-13H2,1H3. The summed E-state index contributed by atoms with van der Waals surface area (Å²) in [5.41, 5.74) is 0.647. The Kier molecular flexibility index (Phi) is 5.17. The Morgan fingerprint density at radius 1 is 1.07 bits per heavy atom. The van der Waals surface area contributed by atoms with Gasteiger partial charge in [-0.15, -0.1) is 0 Å². The van der Waals surface area contributed by atoms with E-state index in [1.54, 1.807) is 54.6 Å².